The zero-order valence-corrected chi connectivity index (χ0v) is 39.3. The highest BCUT2D eigenvalue weighted by Crippen LogP contribution is 2.29. The van der Waals surface area contributed by atoms with Crippen molar-refractivity contribution in [2.24, 2.45) is 23.7 Å². The number of methoxy groups -OCH3 is 3. The Hall–Kier alpha value is -4.34. The lowest BCUT2D eigenvalue weighted by atomic mass is 9.89. The molecular formula is C46H76N6O9. The maximum absolute atomic E-state index is 14.5. The lowest BCUT2D eigenvalue weighted by Crippen LogP contribution is -2.61. The fourth-order valence-electron chi connectivity index (χ4n) is 8.53. The highest BCUT2D eigenvalue weighted by molar-refractivity contribution is 5.97. The van der Waals surface area contributed by atoms with Crippen molar-refractivity contribution in [3.63, 3.8) is 0 Å². The summed E-state index contributed by atoms with van der Waals surface area (Å²) in [5.41, 5.74) is 0.903. The SMILES string of the molecule is C=C(C(=O)N[C@@H](Cc1ccccc1)C(=O)OC)[C@@H](OC)[C@@H]1CCCN1C(=O)C[C@@H](OC)[C@H]([C@@H](C)CC)N(C)C(=O)[C@@H](NC(=O)[C@H](C(C)C)N(C)C(=O)[C@@H](NC)C(C)C)C(C)C. The molecule has 15 heteroatoms. The van der Waals surface area contributed by atoms with Crippen LogP contribution in [0, 0.1) is 23.7 Å². The van der Waals surface area contributed by atoms with Crippen LogP contribution in [0.15, 0.2) is 42.5 Å². The molecule has 1 aliphatic rings. The van der Waals surface area contributed by atoms with E-state index in [-0.39, 0.29) is 59.8 Å². The van der Waals surface area contributed by atoms with E-state index < -0.39 is 66.2 Å². The predicted octanol–water partition coefficient (Wildman–Crippen LogP) is 3.60. The Balaban J connectivity index is 2.33. The third-order valence-corrected chi connectivity index (χ3v) is 12.2. The molecule has 0 radical (unpaired) electrons. The third-order valence-electron chi connectivity index (χ3n) is 12.2. The summed E-state index contributed by atoms with van der Waals surface area (Å²) in [6.45, 7) is 19.8. The van der Waals surface area contributed by atoms with Crippen LogP contribution in [0.2, 0.25) is 0 Å². The smallest absolute Gasteiger partial charge is 0.328 e. The maximum Gasteiger partial charge on any atom is 0.328 e. The zero-order chi connectivity index (χ0) is 46.3. The predicted molar refractivity (Wildman–Crippen MR) is 236 cm³/mol. The Morgan fingerprint density at radius 1 is 0.836 bits per heavy atom. The van der Waals surface area contributed by atoms with Crippen molar-refractivity contribution in [3.05, 3.63) is 48.0 Å². The number of rotatable bonds is 24. The van der Waals surface area contributed by atoms with Gasteiger partial charge in [-0.2, -0.15) is 0 Å². The first-order valence-electron chi connectivity index (χ1n) is 21.7. The molecule has 1 saturated heterocycles. The van der Waals surface area contributed by atoms with Crippen LogP contribution >= 0.6 is 0 Å². The number of likely N-dealkylation sites (tertiary alicyclic amines) is 1. The minimum Gasteiger partial charge on any atom is -0.467 e. The molecule has 1 aliphatic heterocycles. The molecule has 0 bridgehead atoms. The Labute approximate surface area is 365 Å². The van der Waals surface area contributed by atoms with Crippen molar-refractivity contribution < 1.29 is 43.0 Å². The summed E-state index contributed by atoms with van der Waals surface area (Å²) >= 11 is 0. The van der Waals surface area contributed by atoms with Gasteiger partial charge in [0.1, 0.15) is 24.2 Å². The first-order valence-corrected chi connectivity index (χ1v) is 21.7. The number of carbonyl (C=O) groups is 6. The van der Waals surface area contributed by atoms with E-state index in [2.05, 4.69) is 22.5 Å². The van der Waals surface area contributed by atoms with Crippen LogP contribution in [-0.2, 0) is 49.4 Å². The summed E-state index contributed by atoms with van der Waals surface area (Å²) in [4.78, 5) is 87.4. The topological polar surface area (TPSA) is 176 Å². The average Bonchev–Trinajstić information content (AvgIpc) is 3.71. The number of nitrogens with one attached hydrogen (secondary N) is 3. The molecule has 1 heterocycles. The normalized spacial score (nSPS) is 18.0. The van der Waals surface area contributed by atoms with E-state index in [1.807, 2.05) is 85.7 Å². The largest absolute Gasteiger partial charge is 0.467 e. The molecule has 0 saturated carbocycles. The van der Waals surface area contributed by atoms with E-state index in [0.717, 1.165) is 5.56 Å². The quantitative estimate of drug-likeness (QED) is 0.103. The molecule has 1 aromatic rings. The van der Waals surface area contributed by atoms with Crippen molar-refractivity contribution in [1.82, 2.24) is 30.7 Å². The van der Waals surface area contributed by atoms with Crippen LogP contribution in [0.3, 0.4) is 0 Å². The Morgan fingerprint density at radius 2 is 1.43 bits per heavy atom. The Kier molecular flexibility index (Phi) is 21.6. The first-order chi connectivity index (χ1) is 28.7. The van der Waals surface area contributed by atoms with Crippen LogP contribution in [0.4, 0.5) is 0 Å². The summed E-state index contributed by atoms with van der Waals surface area (Å²) in [5, 5.41) is 8.81. The van der Waals surface area contributed by atoms with Crippen molar-refractivity contribution in [2.75, 3.05) is 49.0 Å². The molecule has 344 valence electrons. The number of likely N-dealkylation sites (N-methyl/N-ethyl adjacent to an activating group) is 3. The molecule has 15 nitrogen and oxygen atoms in total. The summed E-state index contributed by atoms with van der Waals surface area (Å²) in [6, 6.07) is 4.96. The van der Waals surface area contributed by atoms with Gasteiger partial charge >= 0.3 is 5.97 Å². The zero-order valence-electron chi connectivity index (χ0n) is 39.3. The van der Waals surface area contributed by atoms with Crippen LogP contribution in [0.25, 0.3) is 0 Å². The van der Waals surface area contributed by atoms with E-state index in [1.54, 1.807) is 30.9 Å². The molecule has 5 amide bonds. The van der Waals surface area contributed by atoms with E-state index in [1.165, 1.54) is 26.2 Å². The number of nitrogens with zero attached hydrogens (tertiary/aromatic N) is 3. The summed E-state index contributed by atoms with van der Waals surface area (Å²) < 4.78 is 16.9. The summed E-state index contributed by atoms with van der Waals surface area (Å²) in [6.07, 6.45) is 0.425. The number of carbonyl (C=O) groups excluding carboxylic acids is 6. The van der Waals surface area contributed by atoms with Crippen molar-refractivity contribution in [3.8, 4) is 0 Å². The van der Waals surface area contributed by atoms with E-state index in [4.69, 9.17) is 14.2 Å². The van der Waals surface area contributed by atoms with Crippen molar-refractivity contribution in [1.29, 1.82) is 0 Å². The van der Waals surface area contributed by atoms with E-state index in [0.29, 0.717) is 25.8 Å². The van der Waals surface area contributed by atoms with Gasteiger partial charge in [-0.05, 0) is 49.1 Å². The molecule has 3 N–H and O–H groups in total. The summed E-state index contributed by atoms with van der Waals surface area (Å²) in [5.74, 6) is -3.08. The third kappa shape index (κ3) is 13.8. The number of hydrogen-bond donors (Lipinski definition) is 3. The van der Waals surface area contributed by atoms with Gasteiger partial charge in [0.05, 0.1) is 37.8 Å². The highest BCUT2D eigenvalue weighted by Gasteiger charge is 2.43. The van der Waals surface area contributed by atoms with Gasteiger partial charge in [0, 0.05) is 46.9 Å². The Bertz CT molecular complexity index is 1620. The van der Waals surface area contributed by atoms with Gasteiger partial charge in [-0.25, -0.2) is 4.79 Å². The molecule has 9 atom stereocenters. The van der Waals surface area contributed by atoms with Crippen LogP contribution < -0.4 is 16.0 Å². The van der Waals surface area contributed by atoms with Crippen molar-refractivity contribution >= 4 is 35.5 Å². The molecule has 0 aromatic heterocycles. The lowest BCUT2D eigenvalue weighted by molar-refractivity contribution is -0.148. The second-order valence-corrected chi connectivity index (χ2v) is 17.4. The van der Waals surface area contributed by atoms with Crippen LogP contribution in [0.5, 0.6) is 0 Å². The van der Waals surface area contributed by atoms with Gasteiger partial charge in [-0.15, -0.1) is 0 Å². The molecule has 1 aromatic carbocycles. The number of benzene rings is 1. The first kappa shape index (κ1) is 52.8. The fourth-order valence-corrected chi connectivity index (χ4v) is 8.53. The van der Waals surface area contributed by atoms with Crippen LogP contribution in [-0.4, -0.2) is 148 Å². The van der Waals surface area contributed by atoms with Gasteiger partial charge in [0.2, 0.25) is 29.5 Å². The monoisotopic (exact) mass is 857 g/mol. The van der Waals surface area contributed by atoms with E-state index >= 15 is 0 Å². The van der Waals surface area contributed by atoms with Gasteiger partial charge < -0.3 is 44.9 Å². The Morgan fingerprint density at radius 3 is 1.92 bits per heavy atom. The number of esters is 1. The van der Waals surface area contributed by atoms with Gasteiger partial charge in [-0.1, -0.05) is 98.7 Å². The van der Waals surface area contributed by atoms with Gasteiger partial charge in [-0.3, -0.25) is 24.0 Å². The minimum absolute atomic E-state index is 0.00549. The molecule has 1 fully saturated rings. The standard InChI is InChI=1S/C46H76N6O9/c1-16-30(8)40(51(12)45(57)38(28(4)5)49-43(55)39(29(6)7)50(11)44(56)37(47-10)27(2)3)35(59-13)26-36(53)52-24-20-23-34(52)41(60-14)31(9)42(54)48-33(46(58)61-15)25-32-21-18-17-19-22-32/h17-19,21-22,27-30,33-35,37-41,47H,9,16,20,23-26H2,1-8,10-15H3,(H,48,54)(H,49,55)/t30-,33-,34-,35+,37-,38-,39-,40-,41+/m0/s1. The molecular weight excluding hydrogens is 781 g/mol. The molecule has 0 spiro atoms. The lowest BCUT2D eigenvalue weighted by Gasteiger charge is -2.41. The van der Waals surface area contributed by atoms with Gasteiger partial charge in [0.15, 0.2) is 0 Å². The van der Waals surface area contributed by atoms with Crippen LogP contribution in [0.1, 0.15) is 86.6 Å². The summed E-state index contributed by atoms with van der Waals surface area (Å²) in [7, 11) is 9.24. The minimum atomic E-state index is -0.971. The second kappa shape index (κ2) is 24.9. The molecule has 61 heavy (non-hydrogen) atoms. The highest BCUT2D eigenvalue weighted by atomic mass is 16.5. The average molecular weight is 857 g/mol. The number of hydrogen-bond acceptors (Lipinski definition) is 10. The number of amides is 5. The number of ether oxygens (including phenoxy) is 3. The second-order valence-electron chi connectivity index (χ2n) is 17.4. The van der Waals surface area contributed by atoms with Gasteiger partial charge in [0.25, 0.3) is 0 Å². The van der Waals surface area contributed by atoms with Crippen molar-refractivity contribution in [2.45, 2.75) is 136 Å². The molecule has 0 unspecified atom stereocenters. The van der Waals surface area contributed by atoms with E-state index in [9.17, 15) is 28.8 Å². The molecule has 0 aliphatic carbocycles. The maximum atomic E-state index is 14.5. The fraction of sp³-hybridized carbons (Fsp3) is 0.696. The molecule has 2 rings (SSSR count).